The van der Waals surface area contributed by atoms with E-state index < -0.39 is 0 Å². The molecule has 2 aliphatic heterocycles. The van der Waals surface area contributed by atoms with Crippen LogP contribution in [-0.2, 0) is 22.4 Å². The number of methoxy groups -OCH3 is 1. The Bertz CT molecular complexity index is 845. The number of carbonyl (C=O) groups is 2. The van der Waals surface area contributed by atoms with Crippen molar-refractivity contribution in [1.29, 1.82) is 0 Å². The Kier molecular flexibility index (Phi) is 6.40. The molecule has 0 unspecified atom stereocenters. The first-order chi connectivity index (χ1) is 15.6. The number of carbonyl (C=O) groups excluding carboxylic acids is 2. The van der Waals surface area contributed by atoms with E-state index in [2.05, 4.69) is 28.0 Å². The van der Waals surface area contributed by atoms with Crippen molar-refractivity contribution in [3.05, 3.63) is 29.3 Å². The zero-order chi connectivity index (χ0) is 22.1. The molecule has 2 saturated carbocycles. The molecule has 2 amide bonds. The van der Waals surface area contributed by atoms with E-state index in [0.29, 0.717) is 18.4 Å². The lowest BCUT2D eigenvalue weighted by molar-refractivity contribution is -0.141. The number of hydrogen-bond acceptors (Lipinski definition) is 4. The smallest absolute Gasteiger partial charge is 0.324 e. The van der Waals surface area contributed by atoms with E-state index in [1.54, 1.807) is 0 Å². The van der Waals surface area contributed by atoms with Gasteiger partial charge in [0.1, 0.15) is 0 Å². The molecule has 1 aromatic rings. The number of rotatable bonds is 6. The Hall–Kier alpha value is -2.08. The van der Waals surface area contributed by atoms with Gasteiger partial charge in [0.2, 0.25) is 0 Å². The van der Waals surface area contributed by atoms with Crippen molar-refractivity contribution >= 4 is 17.7 Å². The van der Waals surface area contributed by atoms with Gasteiger partial charge in [-0.2, -0.15) is 0 Å². The van der Waals surface area contributed by atoms with Crippen molar-refractivity contribution in [2.24, 2.45) is 5.92 Å². The van der Waals surface area contributed by atoms with Gasteiger partial charge in [0.15, 0.2) is 0 Å². The maximum atomic E-state index is 13.3. The molecule has 2 aliphatic carbocycles. The fourth-order valence-corrected chi connectivity index (χ4v) is 6.00. The molecule has 0 atom stereocenters. The standard InChI is InChI=1S/C26H37N3O3/c1-32-25(30)11-4-19-2-6-23(7-3-19)28-16-17-29(26(28)31)24-8-5-20-12-14-27(22-9-10-22)15-13-21(20)18-24/h5,8,18-19,22-23H,2-4,6-7,9-17H2,1H3. The Labute approximate surface area is 191 Å². The van der Waals surface area contributed by atoms with Crippen LogP contribution < -0.4 is 4.90 Å². The predicted octanol–water partition coefficient (Wildman–Crippen LogP) is 4.00. The van der Waals surface area contributed by atoms with Gasteiger partial charge in [-0.25, -0.2) is 4.79 Å². The van der Waals surface area contributed by atoms with Crippen LogP contribution in [-0.4, -0.2) is 67.2 Å². The quantitative estimate of drug-likeness (QED) is 0.629. The van der Waals surface area contributed by atoms with Crippen LogP contribution in [0.1, 0.15) is 62.5 Å². The number of esters is 1. The van der Waals surface area contributed by atoms with Crippen molar-refractivity contribution < 1.29 is 14.3 Å². The Morgan fingerprint density at radius 1 is 0.938 bits per heavy atom. The second-order valence-corrected chi connectivity index (χ2v) is 10.1. The van der Waals surface area contributed by atoms with Crippen LogP contribution in [0.5, 0.6) is 0 Å². The largest absolute Gasteiger partial charge is 0.469 e. The van der Waals surface area contributed by atoms with E-state index in [-0.39, 0.29) is 12.0 Å². The lowest BCUT2D eigenvalue weighted by Crippen LogP contribution is -2.41. The van der Waals surface area contributed by atoms with Crippen LogP contribution in [0.25, 0.3) is 0 Å². The van der Waals surface area contributed by atoms with Crippen LogP contribution in [0, 0.1) is 5.92 Å². The van der Waals surface area contributed by atoms with Crippen molar-refractivity contribution in [2.45, 2.75) is 76.3 Å². The molecule has 32 heavy (non-hydrogen) atoms. The second kappa shape index (κ2) is 9.42. The SMILES string of the molecule is COC(=O)CCC1CCC(N2CCN(c3ccc4c(c3)CCN(C3CC3)CC4)C2=O)CC1. The Morgan fingerprint density at radius 3 is 2.38 bits per heavy atom. The Morgan fingerprint density at radius 2 is 1.66 bits per heavy atom. The molecule has 174 valence electrons. The molecule has 0 bridgehead atoms. The van der Waals surface area contributed by atoms with Crippen LogP contribution >= 0.6 is 0 Å². The molecule has 6 heteroatoms. The molecule has 0 aromatic heterocycles. The van der Waals surface area contributed by atoms with Gasteiger partial charge in [-0.3, -0.25) is 14.6 Å². The third kappa shape index (κ3) is 4.66. The summed E-state index contributed by atoms with van der Waals surface area (Å²) >= 11 is 0. The van der Waals surface area contributed by atoms with Crippen LogP contribution in [0.2, 0.25) is 0 Å². The number of urea groups is 1. The summed E-state index contributed by atoms with van der Waals surface area (Å²) in [4.78, 5) is 31.5. The van der Waals surface area contributed by atoms with Crippen molar-refractivity contribution in [1.82, 2.24) is 9.80 Å². The van der Waals surface area contributed by atoms with Gasteiger partial charge in [-0.1, -0.05) is 6.07 Å². The van der Waals surface area contributed by atoms with Gasteiger partial charge in [-0.15, -0.1) is 0 Å². The van der Waals surface area contributed by atoms with Crippen LogP contribution in [0.15, 0.2) is 18.2 Å². The van der Waals surface area contributed by atoms with E-state index >= 15 is 0 Å². The van der Waals surface area contributed by atoms with E-state index in [1.165, 1.54) is 37.6 Å². The molecular formula is C26H37N3O3. The molecule has 4 aliphatic rings. The topological polar surface area (TPSA) is 53.1 Å². The molecule has 0 radical (unpaired) electrons. The van der Waals surface area contributed by atoms with E-state index in [0.717, 1.165) is 76.3 Å². The maximum absolute atomic E-state index is 13.3. The lowest BCUT2D eigenvalue weighted by Gasteiger charge is -2.34. The summed E-state index contributed by atoms with van der Waals surface area (Å²) in [6.45, 7) is 3.94. The minimum Gasteiger partial charge on any atom is -0.469 e. The van der Waals surface area contributed by atoms with Gasteiger partial charge < -0.3 is 9.64 Å². The molecular weight excluding hydrogens is 402 g/mol. The number of ether oxygens (including phenoxy) is 1. The van der Waals surface area contributed by atoms with Crippen LogP contribution in [0.4, 0.5) is 10.5 Å². The predicted molar refractivity (Wildman–Crippen MR) is 125 cm³/mol. The molecule has 0 N–H and O–H groups in total. The van der Waals surface area contributed by atoms with E-state index in [9.17, 15) is 9.59 Å². The molecule has 2 heterocycles. The van der Waals surface area contributed by atoms with Crippen molar-refractivity contribution in [3.63, 3.8) is 0 Å². The average molecular weight is 440 g/mol. The molecule has 5 rings (SSSR count). The molecule has 3 fully saturated rings. The normalized spacial score (nSPS) is 26.7. The molecule has 6 nitrogen and oxygen atoms in total. The molecule has 0 spiro atoms. The summed E-state index contributed by atoms with van der Waals surface area (Å²) in [5.74, 6) is 0.470. The number of anilines is 1. The zero-order valence-corrected chi connectivity index (χ0v) is 19.4. The summed E-state index contributed by atoms with van der Waals surface area (Å²) in [7, 11) is 1.46. The molecule has 1 saturated heterocycles. The number of amides is 2. The first-order valence-electron chi connectivity index (χ1n) is 12.6. The lowest BCUT2D eigenvalue weighted by atomic mass is 9.83. The highest BCUT2D eigenvalue weighted by atomic mass is 16.5. The summed E-state index contributed by atoms with van der Waals surface area (Å²) in [5, 5.41) is 0. The third-order valence-corrected chi connectivity index (χ3v) is 8.18. The van der Waals surface area contributed by atoms with Gasteiger partial charge in [0.25, 0.3) is 0 Å². The summed E-state index contributed by atoms with van der Waals surface area (Å²) in [5.41, 5.74) is 3.97. The van der Waals surface area contributed by atoms with E-state index in [1.807, 2.05) is 4.90 Å². The number of benzene rings is 1. The van der Waals surface area contributed by atoms with E-state index in [4.69, 9.17) is 4.74 Å². The first kappa shape index (κ1) is 21.7. The van der Waals surface area contributed by atoms with Crippen LogP contribution in [0.3, 0.4) is 0 Å². The monoisotopic (exact) mass is 439 g/mol. The number of fused-ring (bicyclic) bond motifs is 1. The fourth-order valence-electron chi connectivity index (χ4n) is 6.00. The maximum Gasteiger partial charge on any atom is 0.324 e. The highest BCUT2D eigenvalue weighted by molar-refractivity contribution is 5.94. The summed E-state index contributed by atoms with van der Waals surface area (Å²) < 4.78 is 4.77. The zero-order valence-electron chi connectivity index (χ0n) is 19.4. The summed E-state index contributed by atoms with van der Waals surface area (Å²) in [6.07, 6.45) is 10.7. The van der Waals surface area contributed by atoms with Crippen molar-refractivity contribution in [2.75, 3.05) is 38.2 Å². The van der Waals surface area contributed by atoms with Crippen molar-refractivity contribution in [3.8, 4) is 0 Å². The third-order valence-electron chi connectivity index (χ3n) is 8.18. The van der Waals surface area contributed by atoms with Gasteiger partial charge in [0, 0.05) is 50.4 Å². The van der Waals surface area contributed by atoms with Gasteiger partial charge in [-0.05, 0) is 87.0 Å². The average Bonchev–Trinajstić information content (AvgIpc) is 3.62. The molecule has 1 aromatic carbocycles. The van der Waals surface area contributed by atoms with Gasteiger partial charge in [0.05, 0.1) is 7.11 Å². The Balaban J connectivity index is 1.17. The minimum atomic E-state index is -0.113. The minimum absolute atomic E-state index is 0.113. The number of nitrogens with zero attached hydrogens (tertiary/aromatic N) is 3. The fraction of sp³-hybridized carbons (Fsp3) is 0.692. The summed E-state index contributed by atoms with van der Waals surface area (Å²) in [6, 6.07) is 8.07. The number of hydrogen-bond donors (Lipinski definition) is 0. The highest BCUT2D eigenvalue weighted by Gasteiger charge is 2.37. The first-order valence-corrected chi connectivity index (χ1v) is 12.6. The highest BCUT2D eigenvalue weighted by Crippen LogP contribution is 2.34. The second-order valence-electron chi connectivity index (χ2n) is 10.1. The van der Waals surface area contributed by atoms with Gasteiger partial charge >= 0.3 is 12.0 Å².